The van der Waals surface area contributed by atoms with Crippen LogP contribution in [0.5, 0.6) is 5.75 Å². The molecule has 24 heavy (non-hydrogen) atoms. The monoisotopic (exact) mass is 323 g/mol. The van der Waals surface area contributed by atoms with Crippen LogP contribution in [0.25, 0.3) is 5.65 Å². The summed E-state index contributed by atoms with van der Waals surface area (Å²) >= 11 is 0. The Morgan fingerprint density at radius 3 is 2.71 bits per heavy atom. The zero-order chi connectivity index (χ0) is 17.1. The zero-order valence-corrected chi connectivity index (χ0v) is 13.9. The summed E-state index contributed by atoms with van der Waals surface area (Å²) in [5.74, 6) is 0.278. The van der Waals surface area contributed by atoms with Crippen molar-refractivity contribution in [2.24, 2.45) is 0 Å². The number of rotatable bonds is 5. The Balaban J connectivity index is 1.73. The van der Waals surface area contributed by atoms with Crippen LogP contribution >= 0.6 is 0 Å². The first-order valence-electron chi connectivity index (χ1n) is 7.98. The van der Waals surface area contributed by atoms with Gasteiger partial charge in [0.15, 0.2) is 0 Å². The number of phenols is 1. The first-order valence-corrected chi connectivity index (χ1v) is 7.98. The van der Waals surface area contributed by atoms with E-state index in [2.05, 4.69) is 16.8 Å². The fourth-order valence-corrected chi connectivity index (χ4v) is 2.72. The number of fused-ring (bicyclic) bond motifs is 1. The van der Waals surface area contributed by atoms with Gasteiger partial charge in [-0.05, 0) is 50.2 Å². The lowest BCUT2D eigenvalue weighted by atomic mass is 10.1. The molecule has 2 heterocycles. The Morgan fingerprint density at radius 1 is 1.21 bits per heavy atom. The Labute approximate surface area is 140 Å². The molecule has 0 aliphatic heterocycles. The number of hydrogen-bond donors (Lipinski definition) is 1. The van der Waals surface area contributed by atoms with Crippen LogP contribution in [0.2, 0.25) is 0 Å². The Bertz CT molecular complexity index is 887. The smallest absolute Gasteiger partial charge is 0.258 e. The molecule has 3 rings (SSSR count). The van der Waals surface area contributed by atoms with Crippen molar-refractivity contribution in [1.82, 2.24) is 14.3 Å². The summed E-state index contributed by atoms with van der Waals surface area (Å²) < 4.78 is 1.55. The molecular weight excluding hydrogens is 302 g/mol. The molecule has 0 radical (unpaired) electrons. The number of aromatic hydroxyl groups is 1. The summed E-state index contributed by atoms with van der Waals surface area (Å²) in [6, 6.07) is 14.7. The lowest BCUT2D eigenvalue weighted by Gasteiger charge is -2.24. The second kappa shape index (κ2) is 6.84. The molecule has 1 aromatic carbocycles. The average molecular weight is 323 g/mol. The third kappa shape index (κ3) is 3.63. The fourth-order valence-electron chi connectivity index (χ4n) is 2.72. The number of benzene rings is 1. The molecule has 0 amide bonds. The van der Waals surface area contributed by atoms with Crippen LogP contribution in [0.3, 0.4) is 0 Å². The van der Waals surface area contributed by atoms with Gasteiger partial charge < -0.3 is 5.11 Å². The van der Waals surface area contributed by atoms with Gasteiger partial charge in [-0.1, -0.05) is 18.2 Å². The second-order valence-corrected chi connectivity index (χ2v) is 6.15. The van der Waals surface area contributed by atoms with E-state index in [9.17, 15) is 9.90 Å². The van der Waals surface area contributed by atoms with Crippen molar-refractivity contribution in [1.29, 1.82) is 0 Å². The molecule has 5 heteroatoms. The van der Waals surface area contributed by atoms with Crippen LogP contribution in [-0.2, 0) is 13.0 Å². The molecule has 0 unspecified atom stereocenters. The van der Waals surface area contributed by atoms with E-state index in [0.29, 0.717) is 12.2 Å². The number of phenolic OH excluding ortho intramolecular Hbond substituents is 1. The van der Waals surface area contributed by atoms with E-state index in [4.69, 9.17) is 0 Å². The Kier molecular flexibility index (Phi) is 4.62. The first kappa shape index (κ1) is 16.2. The van der Waals surface area contributed by atoms with Crippen LogP contribution in [0.15, 0.2) is 59.5 Å². The topological polar surface area (TPSA) is 57.8 Å². The molecule has 0 saturated carbocycles. The summed E-state index contributed by atoms with van der Waals surface area (Å²) in [6.07, 6.45) is 2.59. The summed E-state index contributed by atoms with van der Waals surface area (Å²) in [5.41, 5.74) is 2.54. The molecule has 0 spiro atoms. The highest BCUT2D eigenvalue weighted by Crippen LogP contribution is 2.14. The van der Waals surface area contributed by atoms with Crippen molar-refractivity contribution < 1.29 is 5.11 Å². The quantitative estimate of drug-likeness (QED) is 0.783. The molecule has 0 aliphatic carbocycles. The highest BCUT2D eigenvalue weighted by Gasteiger charge is 2.12. The molecule has 0 saturated heterocycles. The molecular formula is C19H21N3O2. The van der Waals surface area contributed by atoms with Gasteiger partial charge >= 0.3 is 0 Å². The van der Waals surface area contributed by atoms with Gasteiger partial charge in [-0.15, -0.1) is 0 Å². The lowest BCUT2D eigenvalue weighted by molar-refractivity contribution is 0.245. The van der Waals surface area contributed by atoms with Crippen LogP contribution in [0.4, 0.5) is 0 Å². The second-order valence-electron chi connectivity index (χ2n) is 6.15. The van der Waals surface area contributed by atoms with Gasteiger partial charge in [0.25, 0.3) is 5.56 Å². The van der Waals surface area contributed by atoms with E-state index < -0.39 is 0 Å². The van der Waals surface area contributed by atoms with Crippen molar-refractivity contribution in [2.75, 3.05) is 7.05 Å². The predicted octanol–water partition coefficient (Wildman–Crippen LogP) is 2.46. The molecule has 124 valence electrons. The minimum Gasteiger partial charge on any atom is -0.508 e. The zero-order valence-electron chi connectivity index (χ0n) is 13.9. The van der Waals surface area contributed by atoms with Crippen molar-refractivity contribution in [2.45, 2.75) is 25.9 Å². The standard InChI is InChI=1S/C19H21N3O2/c1-14(11-15-6-8-17(23)9-7-15)21(2)13-16-12-19(24)22-10-4-3-5-18(22)20-16/h3-10,12,14,23H,11,13H2,1-2H3/t14-/m0/s1. The molecule has 0 aliphatic rings. The third-order valence-electron chi connectivity index (χ3n) is 4.26. The summed E-state index contributed by atoms with van der Waals surface area (Å²) in [7, 11) is 2.03. The maximum absolute atomic E-state index is 12.2. The van der Waals surface area contributed by atoms with E-state index >= 15 is 0 Å². The largest absolute Gasteiger partial charge is 0.508 e. The van der Waals surface area contributed by atoms with Crippen molar-refractivity contribution >= 4 is 5.65 Å². The fraction of sp³-hybridized carbons (Fsp3) is 0.263. The molecule has 1 N–H and O–H groups in total. The van der Waals surface area contributed by atoms with E-state index in [0.717, 1.165) is 12.1 Å². The van der Waals surface area contributed by atoms with E-state index in [1.165, 1.54) is 5.56 Å². The number of likely N-dealkylation sites (N-methyl/N-ethyl adjacent to an activating group) is 1. The number of nitrogens with zero attached hydrogens (tertiary/aromatic N) is 3. The number of hydrogen-bond acceptors (Lipinski definition) is 4. The predicted molar refractivity (Wildman–Crippen MR) is 94.2 cm³/mol. The van der Waals surface area contributed by atoms with E-state index in [1.807, 2.05) is 37.4 Å². The highest BCUT2D eigenvalue weighted by atomic mass is 16.3. The molecule has 1 atom stereocenters. The third-order valence-corrected chi connectivity index (χ3v) is 4.26. The number of pyridine rings is 1. The maximum atomic E-state index is 12.2. The SMILES string of the molecule is C[C@@H](Cc1ccc(O)cc1)N(C)Cc1cc(=O)n2ccccc2n1. The molecule has 2 aromatic heterocycles. The van der Waals surface area contributed by atoms with Gasteiger partial charge in [0, 0.05) is 24.8 Å². The summed E-state index contributed by atoms with van der Waals surface area (Å²) in [4.78, 5) is 18.9. The molecule has 5 nitrogen and oxygen atoms in total. The lowest BCUT2D eigenvalue weighted by Crippen LogP contribution is -2.31. The maximum Gasteiger partial charge on any atom is 0.258 e. The Hall–Kier alpha value is -2.66. The van der Waals surface area contributed by atoms with E-state index in [-0.39, 0.29) is 17.4 Å². The van der Waals surface area contributed by atoms with Crippen molar-refractivity contribution in [3.63, 3.8) is 0 Å². The minimum absolute atomic E-state index is 0.0600. The van der Waals surface area contributed by atoms with Gasteiger partial charge in [0.1, 0.15) is 11.4 Å². The summed E-state index contributed by atoms with van der Waals surface area (Å²) in [5, 5.41) is 9.36. The molecule has 3 aromatic rings. The Morgan fingerprint density at radius 2 is 1.96 bits per heavy atom. The minimum atomic E-state index is -0.0600. The van der Waals surface area contributed by atoms with Crippen LogP contribution in [0.1, 0.15) is 18.2 Å². The van der Waals surface area contributed by atoms with Gasteiger partial charge in [0.2, 0.25) is 0 Å². The van der Waals surface area contributed by atoms with Crippen molar-refractivity contribution in [3.05, 3.63) is 76.3 Å². The van der Waals surface area contributed by atoms with Gasteiger partial charge in [-0.2, -0.15) is 0 Å². The van der Waals surface area contributed by atoms with Crippen LogP contribution < -0.4 is 5.56 Å². The van der Waals surface area contributed by atoms with Crippen LogP contribution in [-0.4, -0.2) is 32.5 Å². The van der Waals surface area contributed by atoms with E-state index in [1.54, 1.807) is 28.8 Å². The van der Waals surface area contributed by atoms with Gasteiger partial charge in [0.05, 0.1) is 5.69 Å². The van der Waals surface area contributed by atoms with Crippen LogP contribution in [0, 0.1) is 0 Å². The van der Waals surface area contributed by atoms with Crippen molar-refractivity contribution in [3.8, 4) is 5.75 Å². The molecule has 0 fully saturated rings. The molecule has 0 bridgehead atoms. The number of aromatic nitrogens is 2. The average Bonchev–Trinajstić information content (AvgIpc) is 2.57. The first-order chi connectivity index (χ1) is 11.5. The van der Waals surface area contributed by atoms with Gasteiger partial charge in [-0.25, -0.2) is 4.98 Å². The summed E-state index contributed by atoms with van der Waals surface area (Å²) in [6.45, 7) is 2.75. The van der Waals surface area contributed by atoms with Gasteiger partial charge in [-0.3, -0.25) is 14.1 Å². The highest BCUT2D eigenvalue weighted by molar-refractivity contribution is 5.38. The normalized spacial score (nSPS) is 12.6.